The second-order valence-electron chi connectivity index (χ2n) is 3.54. The second kappa shape index (κ2) is 7.30. The largest absolute Gasteiger partial charge is 0.348 e. The molecular weight excluding hydrogens is 166 g/mol. The molecule has 0 radical (unpaired) electrons. The standard InChI is InChI=1S/C10H21NO2/c1-2-3-6-11-9-10-12-7-4-5-8-13-10/h10-11H,2-9H2,1H3/p+1. The molecule has 0 spiro atoms. The molecule has 0 bridgehead atoms. The van der Waals surface area contributed by atoms with Gasteiger partial charge in [0.15, 0.2) is 0 Å². The number of hydrogen-bond acceptors (Lipinski definition) is 2. The minimum Gasteiger partial charge on any atom is -0.348 e. The Morgan fingerprint density at radius 3 is 2.54 bits per heavy atom. The van der Waals surface area contributed by atoms with Crippen LogP contribution in [0.4, 0.5) is 0 Å². The molecule has 0 aromatic carbocycles. The Morgan fingerprint density at radius 1 is 1.23 bits per heavy atom. The number of unbranched alkanes of at least 4 members (excludes halogenated alkanes) is 1. The molecule has 1 fully saturated rings. The van der Waals surface area contributed by atoms with Gasteiger partial charge < -0.3 is 14.8 Å². The van der Waals surface area contributed by atoms with Crippen molar-refractivity contribution in [1.29, 1.82) is 0 Å². The summed E-state index contributed by atoms with van der Waals surface area (Å²) < 4.78 is 11.1. The molecular formula is C10H22NO2+. The highest BCUT2D eigenvalue weighted by atomic mass is 16.7. The van der Waals surface area contributed by atoms with Crippen LogP contribution in [0.1, 0.15) is 32.6 Å². The lowest BCUT2D eigenvalue weighted by Gasteiger charge is -2.13. The van der Waals surface area contributed by atoms with Crippen LogP contribution in [0, 0.1) is 0 Å². The molecule has 0 saturated carbocycles. The van der Waals surface area contributed by atoms with E-state index in [1.54, 1.807) is 0 Å². The van der Waals surface area contributed by atoms with Gasteiger partial charge in [0.2, 0.25) is 6.29 Å². The Balaban J connectivity index is 1.98. The van der Waals surface area contributed by atoms with Crippen molar-refractivity contribution in [2.24, 2.45) is 0 Å². The average Bonchev–Trinajstić information content (AvgIpc) is 2.41. The number of nitrogens with two attached hydrogens (primary N) is 1. The summed E-state index contributed by atoms with van der Waals surface area (Å²) in [7, 11) is 0. The van der Waals surface area contributed by atoms with Gasteiger partial charge in [-0.15, -0.1) is 0 Å². The number of hydrogen-bond donors (Lipinski definition) is 1. The monoisotopic (exact) mass is 188 g/mol. The maximum absolute atomic E-state index is 5.53. The predicted molar refractivity (Wildman–Crippen MR) is 51.5 cm³/mol. The molecule has 3 heteroatoms. The maximum atomic E-state index is 5.53. The molecule has 0 aromatic rings. The fourth-order valence-electron chi connectivity index (χ4n) is 1.42. The van der Waals surface area contributed by atoms with Crippen molar-refractivity contribution in [3.63, 3.8) is 0 Å². The summed E-state index contributed by atoms with van der Waals surface area (Å²) in [5.74, 6) is 0. The molecule has 2 N–H and O–H groups in total. The van der Waals surface area contributed by atoms with Crippen LogP contribution >= 0.6 is 0 Å². The van der Waals surface area contributed by atoms with Crippen LogP contribution in [0.2, 0.25) is 0 Å². The summed E-state index contributed by atoms with van der Waals surface area (Å²) >= 11 is 0. The summed E-state index contributed by atoms with van der Waals surface area (Å²) in [5, 5.41) is 2.29. The molecule has 1 heterocycles. The van der Waals surface area contributed by atoms with Crippen molar-refractivity contribution in [2.45, 2.75) is 38.9 Å². The van der Waals surface area contributed by atoms with E-state index in [2.05, 4.69) is 12.2 Å². The molecule has 0 atom stereocenters. The fraction of sp³-hybridized carbons (Fsp3) is 1.00. The van der Waals surface area contributed by atoms with Gasteiger partial charge >= 0.3 is 0 Å². The Labute approximate surface area is 80.8 Å². The van der Waals surface area contributed by atoms with Gasteiger partial charge in [-0.2, -0.15) is 0 Å². The highest BCUT2D eigenvalue weighted by Crippen LogP contribution is 2.03. The number of quaternary nitrogens is 1. The SMILES string of the molecule is CCCC[NH2+]CC1OCCCCO1. The summed E-state index contributed by atoms with van der Waals surface area (Å²) in [4.78, 5) is 0. The van der Waals surface area contributed by atoms with Crippen molar-refractivity contribution in [1.82, 2.24) is 0 Å². The van der Waals surface area contributed by atoms with Gasteiger partial charge in [-0.3, -0.25) is 0 Å². The van der Waals surface area contributed by atoms with Crippen LogP contribution in [-0.2, 0) is 9.47 Å². The molecule has 1 aliphatic rings. The first-order valence-corrected chi connectivity index (χ1v) is 5.48. The highest BCUT2D eigenvalue weighted by molar-refractivity contribution is 4.48. The third-order valence-electron chi connectivity index (χ3n) is 2.27. The Bertz CT molecular complexity index is 111. The highest BCUT2D eigenvalue weighted by Gasteiger charge is 2.13. The molecule has 1 rings (SSSR count). The van der Waals surface area contributed by atoms with Crippen molar-refractivity contribution < 1.29 is 14.8 Å². The van der Waals surface area contributed by atoms with Crippen molar-refractivity contribution in [3.8, 4) is 0 Å². The van der Waals surface area contributed by atoms with Gasteiger partial charge in [-0.05, 0) is 19.3 Å². The van der Waals surface area contributed by atoms with Gasteiger partial charge in [0.1, 0.15) is 6.54 Å². The van der Waals surface area contributed by atoms with E-state index in [1.165, 1.54) is 19.4 Å². The van der Waals surface area contributed by atoms with E-state index in [9.17, 15) is 0 Å². The molecule has 78 valence electrons. The minimum atomic E-state index is 0.0411. The zero-order valence-corrected chi connectivity index (χ0v) is 8.63. The topological polar surface area (TPSA) is 35.1 Å². The van der Waals surface area contributed by atoms with E-state index in [4.69, 9.17) is 9.47 Å². The van der Waals surface area contributed by atoms with Crippen LogP contribution in [0.15, 0.2) is 0 Å². The first kappa shape index (κ1) is 11.0. The van der Waals surface area contributed by atoms with E-state index in [0.717, 1.165) is 32.6 Å². The molecule has 0 aromatic heterocycles. The maximum Gasteiger partial charge on any atom is 0.207 e. The average molecular weight is 188 g/mol. The smallest absolute Gasteiger partial charge is 0.207 e. The summed E-state index contributed by atoms with van der Waals surface area (Å²) in [6, 6.07) is 0. The van der Waals surface area contributed by atoms with Crippen LogP contribution in [-0.4, -0.2) is 32.6 Å². The van der Waals surface area contributed by atoms with Crippen LogP contribution in [0.25, 0.3) is 0 Å². The van der Waals surface area contributed by atoms with Gasteiger partial charge in [0.05, 0.1) is 19.8 Å². The number of rotatable bonds is 5. The second-order valence-corrected chi connectivity index (χ2v) is 3.54. The summed E-state index contributed by atoms with van der Waals surface area (Å²) in [6.45, 7) is 6.10. The Kier molecular flexibility index (Phi) is 6.15. The summed E-state index contributed by atoms with van der Waals surface area (Å²) in [6.07, 6.45) is 4.88. The minimum absolute atomic E-state index is 0.0411. The Morgan fingerprint density at radius 2 is 1.92 bits per heavy atom. The van der Waals surface area contributed by atoms with Gasteiger partial charge in [-0.1, -0.05) is 13.3 Å². The third kappa shape index (κ3) is 5.24. The van der Waals surface area contributed by atoms with Gasteiger partial charge in [0.25, 0.3) is 0 Å². The van der Waals surface area contributed by atoms with E-state index >= 15 is 0 Å². The molecule has 13 heavy (non-hydrogen) atoms. The molecule has 3 nitrogen and oxygen atoms in total. The lowest BCUT2D eigenvalue weighted by molar-refractivity contribution is -0.668. The molecule has 1 saturated heterocycles. The Hall–Kier alpha value is -0.120. The third-order valence-corrected chi connectivity index (χ3v) is 2.27. The van der Waals surface area contributed by atoms with Gasteiger partial charge in [-0.25, -0.2) is 0 Å². The van der Waals surface area contributed by atoms with E-state index in [0.29, 0.717) is 0 Å². The lowest BCUT2D eigenvalue weighted by atomic mass is 10.3. The quantitative estimate of drug-likeness (QED) is 0.638. The van der Waals surface area contributed by atoms with Crippen LogP contribution < -0.4 is 5.32 Å². The molecule has 0 aliphatic carbocycles. The van der Waals surface area contributed by atoms with Crippen LogP contribution in [0.5, 0.6) is 0 Å². The molecule has 0 amide bonds. The first-order valence-electron chi connectivity index (χ1n) is 5.48. The first-order chi connectivity index (χ1) is 6.43. The lowest BCUT2D eigenvalue weighted by Crippen LogP contribution is -2.86. The summed E-state index contributed by atoms with van der Waals surface area (Å²) in [5.41, 5.74) is 0. The molecule has 0 unspecified atom stereocenters. The van der Waals surface area contributed by atoms with E-state index in [-0.39, 0.29) is 6.29 Å². The van der Waals surface area contributed by atoms with Crippen molar-refractivity contribution in [2.75, 3.05) is 26.3 Å². The zero-order chi connectivity index (χ0) is 9.36. The zero-order valence-electron chi connectivity index (χ0n) is 8.63. The molecule has 1 aliphatic heterocycles. The van der Waals surface area contributed by atoms with E-state index in [1.807, 2.05) is 0 Å². The van der Waals surface area contributed by atoms with Gasteiger partial charge in [0, 0.05) is 0 Å². The predicted octanol–water partition coefficient (Wildman–Crippen LogP) is 0.503. The van der Waals surface area contributed by atoms with Crippen molar-refractivity contribution >= 4 is 0 Å². The normalized spacial score (nSPS) is 20.1. The number of ether oxygens (including phenoxy) is 2. The van der Waals surface area contributed by atoms with Crippen LogP contribution in [0.3, 0.4) is 0 Å². The van der Waals surface area contributed by atoms with E-state index < -0.39 is 0 Å². The fourth-order valence-corrected chi connectivity index (χ4v) is 1.42. The van der Waals surface area contributed by atoms with Crippen molar-refractivity contribution in [3.05, 3.63) is 0 Å².